The van der Waals surface area contributed by atoms with E-state index < -0.39 is 16.2 Å². The lowest BCUT2D eigenvalue weighted by Crippen LogP contribution is -2.43. The third-order valence-electron chi connectivity index (χ3n) is 5.24. The lowest BCUT2D eigenvalue weighted by Gasteiger charge is -2.33. The van der Waals surface area contributed by atoms with Gasteiger partial charge in [-0.05, 0) is 44.4 Å². The summed E-state index contributed by atoms with van der Waals surface area (Å²) in [5.74, 6) is -0.378. The second kappa shape index (κ2) is 10.2. The van der Waals surface area contributed by atoms with E-state index in [-0.39, 0.29) is 29.0 Å². The van der Waals surface area contributed by atoms with E-state index in [0.717, 1.165) is 5.56 Å². The number of carbonyl (C=O) groups is 1. The maximum atomic E-state index is 12.7. The molecule has 0 radical (unpaired) electrons. The molecule has 0 N–H and O–H groups in total. The summed E-state index contributed by atoms with van der Waals surface area (Å²) < 4.78 is 42.0. The number of benzene rings is 2. The molecule has 0 bridgehead atoms. The number of esters is 1. The molecule has 30 heavy (non-hydrogen) atoms. The summed E-state index contributed by atoms with van der Waals surface area (Å²) in [5.41, 5.74) is 1.05. The normalized spacial score (nSPS) is 20.8. The first kappa shape index (κ1) is 22.5. The summed E-state index contributed by atoms with van der Waals surface area (Å²) in [5, 5.41) is 0. The van der Waals surface area contributed by atoms with Crippen LogP contribution in [0.1, 0.15) is 38.7 Å². The van der Waals surface area contributed by atoms with Crippen molar-refractivity contribution in [3.8, 4) is 0 Å². The Morgan fingerprint density at radius 2 is 1.67 bits per heavy atom. The van der Waals surface area contributed by atoms with Crippen molar-refractivity contribution < 1.29 is 26.9 Å². The van der Waals surface area contributed by atoms with Crippen LogP contribution in [0.2, 0.25) is 0 Å². The summed E-state index contributed by atoms with van der Waals surface area (Å²) in [6.45, 7) is 4.16. The average molecular weight is 433 g/mol. The monoisotopic (exact) mass is 432 g/mol. The zero-order chi connectivity index (χ0) is 21.6. The number of ether oxygens (including phenoxy) is 2. The molecule has 1 fully saturated rings. The van der Waals surface area contributed by atoms with Gasteiger partial charge in [-0.25, -0.2) is 0 Å². The maximum absolute atomic E-state index is 12.7. The van der Waals surface area contributed by atoms with Gasteiger partial charge < -0.3 is 9.47 Å². The molecule has 2 aromatic carbocycles. The molecule has 1 saturated heterocycles. The Morgan fingerprint density at radius 3 is 2.27 bits per heavy atom. The van der Waals surface area contributed by atoms with E-state index in [9.17, 15) is 13.2 Å². The van der Waals surface area contributed by atoms with E-state index in [4.69, 9.17) is 13.7 Å². The third kappa shape index (κ3) is 6.14. The summed E-state index contributed by atoms with van der Waals surface area (Å²) >= 11 is 0. The molecule has 0 amide bonds. The van der Waals surface area contributed by atoms with Gasteiger partial charge in [0.15, 0.2) is 0 Å². The molecule has 1 aliphatic heterocycles. The summed E-state index contributed by atoms with van der Waals surface area (Å²) in [7, 11) is -3.90. The van der Waals surface area contributed by atoms with Gasteiger partial charge >= 0.3 is 5.97 Å². The van der Waals surface area contributed by atoms with Crippen molar-refractivity contribution in [1.82, 2.24) is 0 Å². The van der Waals surface area contributed by atoms with Gasteiger partial charge in [-0.1, -0.05) is 48.5 Å². The van der Waals surface area contributed by atoms with Crippen molar-refractivity contribution in [1.29, 1.82) is 0 Å². The molecule has 0 spiro atoms. The minimum absolute atomic E-state index is 0.122. The third-order valence-corrected chi connectivity index (χ3v) is 6.61. The van der Waals surface area contributed by atoms with Crippen molar-refractivity contribution in [3.05, 3.63) is 66.2 Å². The molecule has 1 aliphatic rings. The minimum Gasteiger partial charge on any atom is -0.461 e. The molecule has 162 valence electrons. The van der Waals surface area contributed by atoms with Crippen LogP contribution in [0.3, 0.4) is 0 Å². The lowest BCUT2D eigenvalue weighted by molar-refractivity contribution is -0.183. The van der Waals surface area contributed by atoms with Crippen LogP contribution in [0.25, 0.3) is 0 Å². The fraction of sp³-hybridized carbons (Fsp3) is 0.435. The smallest absolute Gasteiger partial charge is 0.312 e. The highest BCUT2D eigenvalue weighted by molar-refractivity contribution is 7.86. The van der Waals surface area contributed by atoms with Crippen molar-refractivity contribution in [3.63, 3.8) is 0 Å². The van der Waals surface area contributed by atoms with Crippen molar-refractivity contribution in [2.45, 2.75) is 62.9 Å². The van der Waals surface area contributed by atoms with Crippen LogP contribution in [0.4, 0.5) is 0 Å². The van der Waals surface area contributed by atoms with Crippen LogP contribution in [-0.2, 0) is 35.2 Å². The lowest BCUT2D eigenvalue weighted by atomic mass is 9.93. The Kier molecular flexibility index (Phi) is 7.64. The predicted molar refractivity (Wildman–Crippen MR) is 112 cm³/mol. The fourth-order valence-corrected chi connectivity index (χ4v) is 4.51. The largest absolute Gasteiger partial charge is 0.461 e. The molecule has 1 heterocycles. The highest BCUT2D eigenvalue weighted by atomic mass is 32.2. The fourth-order valence-electron chi connectivity index (χ4n) is 3.38. The second-order valence-electron chi connectivity index (χ2n) is 7.67. The topological polar surface area (TPSA) is 78.9 Å². The molecule has 6 nitrogen and oxygen atoms in total. The van der Waals surface area contributed by atoms with E-state index in [1.54, 1.807) is 18.2 Å². The van der Waals surface area contributed by atoms with Crippen LogP contribution in [0.15, 0.2) is 65.6 Å². The first-order valence-electron chi connectivity index (χ1n) is 10.2. The Bertz CT molecular complexity index is 913. The Labute approximate surface area is 178 Å². The number of hydrogen-bond donors (Lipinski definition) is 0. The van der Waals surface area contributed by atoms with E-state index in [2.05, 4.69) is 0 Å². The molecule has 0 unspecified atom stereocenters. The molecular weight excluding hydrogens is 404 g/mol. The summed E-state index contributed by atoms with van der Waals surface area (Å²) in [6, 6.07) is 17.9. The molecule has 4 atom stereocenters. The van der Waals surface area contributed by atoms with Gasteiger partial charge in [-0.3, -0.25) is 8.98 Å². The maximum Gasteiger partial charge on any atom is 0.312 e. The Morgan fingerprint density at radius 1 is 1.03 bits per heavy atom. The summed E-state index contributed by atoms with van der Waals surface area (Å²) in [6.07, 6.45) is 0.438. The van der Waals surface area contributed by atoms with Gasteiger partial charge in [-0.2, -0.15) is 8.42 Å². The van der Waals surface area contributed by atoms with Crippen LogP contribution < -0.4 is 0 Å². The zero-order valence-electron chi connectivity index (χ0n) is 17.3. The molecule has 0 saturated carbocycles. The Hall–Kier alpha value is -2.22. The highest BCUT2D eigenvalue weighted by Gasteiger charge is 2.38. The van der Waals surface area contributed by atoms with Gasteiger partial charge in [0, 0.05) is 6.42 Å². The average Bonchev–Trinajstić information content (AvgIpc) is 2.75. The quantitative estimate of drug-likeness (QED) is 0.393. The molecular formula is C23H28O6S. The number of cyclic esters (lactones) is 1. The predicted octanol–water partition coefficient (Wildman–Crippen LogP) is 4.10. The number of carbonyl (C=O) groups excluding carboxylic acids is 1. The molecule has 7 heteroatoms. The van der Waals surface area contributed by atoms with Gasteiger partial charge in [0.1, 0.15) is 6.10 Å². The van der Waals surface area contributed by atoms with Gasteiger partial charge in [0.05, 0.1) is 29.6 Å². The standard InChI is InChI=1S/C23H28O6S/c1-17(27-16-19-9-5-3-6-10-19)15-20(13-14-22-18(2)23(24)28-22)29-30(25,26)21-11-7-4-8-12-21/h3-12,17-18,20,22H,13-16H2,1-2H3/t17-,18+,20+,22+/m1/s1. The van der Waals surface area contributed by atoms with Crippen molar-refractivity contribution in [2.24, 2.45) is 5.92 Å². The summed E-state index contributed by atoms with van der Waals surface area (Å²) in [4.78, 5) is 11.4. The van der Waals surface area contributed by atoms with Gasteiger partial charge in [0.2, 0.25) is 0 Å². The van der Waals surface area contributed by atoms with E-state index >= 15 is 0 Å². The highest BCUT2D eigenvalue weighted by Crippen LogP contribution is 2.28. The molecule has 2 aromatic rings. The first-order chi connectivity index (χ1) is 14.3. The van der Waals surface area contributed by atoms with Crippen molar-refractivity contribution >= 4 is 16.1 Å². The molecule has 0 aliphatic carbocycles. The van der Waals surface area contributed by atoms with Gasteiger partial charge in [0.25, 0.3) is 10.1 Å². The molecule has 3 rings (SSSR count). The van der Waals surface area contributed by atoms with Crippen molar-refractivity contribution in [2.75, 3.05) is 0 Å². The first-order valence-corrected chi connectivity index (χ1v) is 11.6. The van der Waals surface area contributed by atoms with E-state index in [0.29, 0.717) is 25.9 Å². The van der Waals surface area contributed by atoms with Gasteiger partial charge in [-0.15, -0.1) is 0 Å². The van der Waals surface area contributed by atoms with E-state index in [1.807, 2.05) is 44.2 Å². The molecule has 0 aromatic heterocycles. The zero-order valence-corrected chi connectivity index (χ0v) is 18.1. The second-order valence-corrected chi connectivity index (χ2v) is 9.24. The van der Waals surface area contributed by atoms with E-state index in [1.165, 1.54) is 12.1 Å². The number of hydrogen-bond acceptors (Lipinski definition) is 6. The van der Waals surface area contributed by atoms with Crippen LogP contribution in [0.5, 0.6) is 0 Å². The minimum atomic E-state index is -3.90. The van der Waals surface area contributed by atoms with Crippen LogP contribution in [-0.4, -0.2) is 32.7 Å². The SMILES string of the molecule is C[C@H](C[C@H](CC[C@@H]1OC(=O)[C@H]1C)OS(=O)(=O)c1ccccc1)OCc1ccccc1. The van der Waals surface area contributed by atoms with Crippen LogP contribution in [0, 0.1) is 5.92 Å². The number of rotatable bonds is 11. The van der Waals surface area contributed by atoms with Crippen LogP contribution >= 0.6 is 0 Å². The Balaban J connectivity index is 1.61.